The van der Waals surface area contributed by atoms with Gasteiger partial charge in [0, 0.05) is 15.7 Å². The molecule has 1 aliphatic heterocycles. The van der Waals surface area contributed by atoms with E-state index in [9.17, 15) is 9.59 Å². The van der Waals surface area contributed by atoms with Crippen LogP contribution in [0.5, 0.6) is 5.75 Å². The van der Waals surface area contributed by atoms with Gasteiger partial charge in [-0.15, -0.1) is 0 Å². The van der Waals surface area contributed by atoms with Gasteiger partial charge in [0.15, 0.2) is 0 Å². The van der Waals surface area contributed by atoms with Crippen LogP contribution in [0.2, 0.25) is 0 Å². The topological polar surface area (TPSA) is 77.0 Å². The van der Waals surface area contributed by atoms with E-state index in [1.54, 1.807) is 20.1 Å². The van der Waals surface area contributed by atoms with E-state index in [2.05, 4.69) is 33.2 Å². The van der Waals surface area contributed by atoms with E-state index in [0.717, 1.165) is 23.7 Å². The van der Waals surface area contributed by atoms with E-state index in [1.807, 2.05) is 12.1 Å². The van der Waals surface area contributed by atoms with Crippen LogP contribution in [-0.2, 0) is 9.53 Å². The molecule has 1 heterocycles. The van der Waals surface area contributed by atoms with Gasteiger partial charge in [0.05, 0.1) is 19.8 Å². The second-order valence-corrected chi connectivity index (χ2v) is 6.83. The number of aliphatic imine (C=N–C) groups is 1. The highest BCUT2D eigenvalue weighted by atomic mass is 79.9. The molecule has 0 saturated carbocycles. The van der Waals surface area contributed by atoms with Gasteiger partial charge in [-0.25, -0.2) is 9.79 Å². The molecule has 2 atom stereocenters. The average Bonchev–Trinajstić information content (AvgIpc) is 2.57. The molecule has 0 saturated heterocycles. The van der Waals surface area contributed by atoms with E-state index in [4.69, 9.17) is 9.47 Å². The zero-order valence-electron chi connectivity index (χ0n) is 14.7. The van der Waals surface area contributed by atoms with Gasteiger partial charge < -0.3 is 14.8 Å². The lowest BCUT2D eigenvalue weighted by Crippen LogP contribution is -2.44. The molecule has 0 radical (unpaired) electrons. The minimum atomic E-state index is -0.678. The fourth-order valence-electron chi connectivity index (χ4n) is 2.85. The molecule has 1 aliphatic rings. The maximum absolute atomic E-state index is 12.6. The number of amides is 2. The molecule has 7 heteroatoms. The molecule has 25 heavy (non-hydrogen) atoms. The Morgan fingerprint density at radius 2 is 2.12 bits per heavy atom. The Morgan fingerprint density at radius 3 is 2.80 bits per heavy atom. The number of ether oxygens (including phenoxy) is 2. The van der Waals surface area contributed by atoms with Gasteiger partial charge in [0.25, 0.3) is 0 Å². The molecule has 0 aromatic heterocycles. The monoisotopic (exact) mass is 410 g/mol. The summed E-state index contributed by atoms with van der Waals surface area (Å²) in [5.41, 5.74) is 1.14. The predicted octanol–water partition coefficient (Wildman–Crippen LogP) is 4.03. The third-order valence-electron chi connectivity index (χ3n) is 4.11. The molecule has 6 nitrogen and oxygen atoms in total. The molecule has 2 rings (SSSR count). The van der Waals surface area contributed by atoms with E-state index in [-0.39, 0.29) is 5.97 Å². The molecule has 2 amide bonds. The maximum Gasteiger partial charge on any atom is 0.341 e. The Bertz CT molecular complexity index is 675. The summed E-state index contributed by atoms with van der Waals surface area (Å²) in [6.07, 6.45) is 2.88. The van der Waals surface area contributed by atoms with Crippen LogP contribution in [0.3, 0.4) is 0 Å². The largest absolute Gasteiger partial charge is 0.496 e. The highest BCUT2D eigenvalue weighted by Gasteiger charge is 2.39. The average molecular weight is 411 g/mol. The molecule has 1 aromatic rings. The van der Waals surface area contributed by atoms with Crippen LogP contribution >= 0.6 is 15.9 Å². The summed E-state index contributed by atoms with van der Waals surface area (Å²) >= 11 is 3.42. The number of nitrogens with zero attached hydrogens (tertiary/aromatic N) is 1. The quantitative estimate of drug-likeness (QED) is 0.543. The first-order valence-electron chi connectivity index (χ1n) is 8.33. The number of carbonyl (C=O) groups excluding carboxylic acids is 2. The third kappa shape index (κ3) is 4.81. The van der Waals surface area contributed by atoms with E-state index in [0.29, 0.717) is 23.6 Å². The number of unbranched alkanes of at least 4 members (excludes halogenated alkanes) is 2. The summed E-state index contributed by atoms with van der Waals surface area (Å²) in [5, 5.41) is 2.77. The first-order valence-corrected chi connectivity index (χ1v) is 9.13. The summed E-state index contributed by atoms with van der Waals surface area (Å²) in [6.45, 7) is 4.13. The zero-order valence-corrected chi connectivity index (χ0v) is 16.3. The summed E-state index contributed by atoms with van der Waals surface area (Å²) in [5.74, 6) is -0.473. The van der Waals surface area contributed by atoms with Gasteiger partial charge >= 0.3 is 12.0 Å². The first-order chi connectivity index (χ1) is 12.0. The molecule has 2 unspecified atom stereocenters. The normalized spacial score (nSPS) is 19.8. The highest BCUT2D eigenvalue weighted by Crippen LogP contribution is 2.35. The fourth-order valence-corrected chi connectivity index (χ4v) is 3.23. The minimum Gasteiger partial charge on any atom is -0.496 e. The molecule has 0 spiro atoms. The summed E-state index contributed by atoms with van der Waals surface area (Å²) < 4.78 is 11.6. The van der Waals surface area contributed by atoms with Gasteiger partial charge in [0.2, 0.25) is 0 Å². The van der Waals surface area contributed by atoms with Crippen LogP contribution in [-0.4, -0.2) is 31.4 Å². The number of esters is 1. The number of halogens is 1. The smallest absolute Gasteiger partial charge is 0.341 e. The first kappa shape index (κ1) is 19.4. The lowest BCUT2D eigenvalue weighted by molar-refractivity contribution is -0.147. The lowest BCUT2D eigenvalue weighted by atomic mass is 9.88. The Labute approximate surface area is 156 Å². The number of methoxy groups -OCH3 is 1. The van der Waals surface area contributed by atoms with Crippen LogP contribution in [0.15, 0.2) is 27.7 Å². The summed E-state index contributed by atoms with van der Waals surface area (Å²) in [6, 6.07) is 4.40. The molecule has 136 valence electrons. The van der Waals surface area contributed by atoms with Gasteiger partial charge in [0.1, 0.15) is 11.7 Å². The van der Waals surface area contributed by atoms with Crippen molar-refractivity contribution in [3.63, 3.8) is 0 Å². The van der Waals surface area contributed by atoms with E-state index >= 15 is 0 Å². The van der Waals surface area contributed by atoms with Crippen LogP contribution in [0.25, 0.3) is 0 Å². The molecule has 0 fully saturated rings. The standard InChI is InChI=1S/C18H23BrN2O4/c1-4-5-6-9-25-17(22)15-11(2)20-18(23)21-16(15)13-10-12(19)7-8-14(13)24-3/h7-8,10,15-16H,4-6,9H2,1-3H3,(H,21,23). The minimum absolute atomic E-state index is 0.368. The SMILES string of the molecule is CCCCCOC(=O)C1C(C)=NC(=O)NC1c1cc(Br)ccc1OC. The van der Waals surface area contributed by atoms with Crippen LogP contribution in [0.4, 0.5) is 4.79 Å². The predicted molar refractivity (Wildman–Crippen MR) is 99.0 cm³/mol. The molecule has 1 aromatic carbocycles. The van der Waals surface area contributed by atoms with Crippen molar-refractivity contribution in [2.45, 2.75) is 39.2 Å². The third-order valence-corrected chi connectivity index (χ3v) is 4.61. The number of hydrogen-bond acceptors (Lipinski definition) is 4. The fraction of sp³-hybridized carbons (Fsp3) is 0.500. The van der Waals surface area contributed by atoms with Crippen molar-refractivity contribution in [1.82, 2.24) is 5.32 Å². The van der Waals surface area contributed by atoms with Crippen LogP contribution in [0.1, 0.15) is 44.7 Å². The Hall–Kier alpha value is -1.89. The van der Waals surface area contributed by atoms with Crippen molar-refractivity contribution < 1.29 is 19.1 Å². The van der Waals surface area contributed by atoms with Crippen LogP contribution in [0, 0.1) is 5.92 Å². The van der Waals surface area contributed by atoms with Gasteiger partial charge in [-0.05, 0) is 31.5 Å². The number of nitrogens with one attached hydrogen (secondary N) is 1. The summed E-state index contributed by atoms with van der Waals surface area (Å²) in [4.78, 5) is 28.4. The lowest BCUT2D eigenvalue weighted by Gasteiger charge is -2.30. The van der Waals surface area contributed by atoms with Crippen molar-refractivity contribution in [2.24, 2.45) is 10.9 Å². The number of benzene rings is 1. The zero-order chi connectivity index (χ0) is 18.4. The second kappa shape index (κ2) is 8.99. The van der Waals surface area contributed by atoms with Gasteiger partial charge in [-0.2, -0.15) is 0 Å². The molecule has 0 bridgehead atoms. The Balaban J connectivity index is 2.30. The van der Waals surface area contributed by atoms with E-state index < -0.39 is 18.0 Å². The molecule has 1 N–H and O–H groups in total. The van der Waals surface area contributed by atoms with Crippen molar-refractivity contribution >= 4 is 33.6 Å². The highest BCUT2D eigenvalue weighted by molar-refractivity contribution is 9.10. The summed E-state index contributed by atoms with van der Waals surface area (Å²) in [7, 11) is 1.55. The maximum atomic E-state index is 12.6. The Morgan fingerprint density at radius 1 is 1.36 bits per heavy atom. The Kier molecular flexibility index (Phi) is 6.99. The number of carbonyl (C=O) groups is 2. The van der Waals surface area contributed by atoms with Crippen molar-refractivity contribution in [3.8, 4) is 5.75 Å². The van der Waals surface area contributed by atoms with Crippen molar-refractivity contribution in [3.05, 3.63) is 28.2 Å². The van der Waals surface area contributed by atoms with Crippen LogP contribution < -0.4 is 10.1 Å². The molecule has 0 aliphatic carbocycles. The number of hydrogen-bond donors (Lipinski definition) is 1. The van der Waals surface area contributed by atoms with E-state index in [1.165, 1.54) is 0 Å². The molecular weight excluding hydrogens is 388 g/mol. The van der Waals surface area contributed by atoms with Gasteiger partial charge in [-0.3, -0.25) is 4.79 Å². The molecular formula is C18H23BrN2O4. The van der Waals surface area contributed by atoms with Crippen molar-refractivity contribution in [2.75, 3.05) is 13.7 Å². The van der Waals surface area contributed by atoms with Crippen molar-refractivity contribution in [1.29, 1.82) is 0 Å². The number of urea groups is 1. The second-order valence-electron chi connectivity index (χ2n) is 5.92. The number of rotatable bonds is 7. The van der Waals surface area contributed by atoms with Gasteiger partial charge in [-0.1, -0.05) is 35.7 Å².